The molecular weight excluding hydrogens is 330 g/mol. The van der Waals surface area contributed by atoms with E-state index in [9.17, 15) is 9.59 Å². The molecule has 1 amide bonds. The molecule has 0 unspecified atom stereocenters. The number of methoxy groups -OCH3 is 1. The van der Waals surface area contributed by atoms with E-state index in [2.05, 4.69) is 5.32 Å². The lowest BCUT2D eigenvalue weighted by Gasteiger charge is -2.09. The lowest BCUT2D eigenvalue weighted by atomic mass is 9.99. The molecule has 0 saturated heterocycles. The van der Waals surface area contributed by atoms with E-state index in [1.807, 2.05) is 50.2 Å². The van der Waals surface area contributed by atoms with Gasteiger partial charge < -0.3 is 14.8 Å². The van der Waals surface area contributed by atoms with E-state index >= 15 is 0 Å². The Morgan fingerprint density at radius 1 is 1.00 bits per heavy atom. The molecule has 0 aliphatic carbocycles. The van der Waals surface area contributed by atoms with E-state index in [0.29, 0.717) is 24.5 Å². The van der Waals surface area contributed by atoms with Crippen LogP contribution < -0.4 is 14.8 Å². The minimum Gasteiger partial charge on any atom is -0.497 e. The topological polar surface area (TPSA) is 64.6 Å². The van der Waals surface area contributed by atoms with Crippen molar-refractivity contribution in [2.45, 2.75) is 26.7 Å². The number of benzene rings is 2. The smallest absolute Gasteiger partial charge is 0.220 e. The minimum absolute atomic E-state index is 0.00557. The quantitative estimate of drug-likeness (QED) is 0.553. The molecule has 0 aliphatic rings. The van der Waals surface area contributed by atoms with E-state index in [4.69, 9.17) is 9.47 Å². The van der Waals surface area contributed by atoms with Crippen molar-refractivity contribution in [3.63, 3.8) is 0 Å². The molecule has 5 heteroatoms. The molecule has 0 saturated carbocycles. The van der Waals surface area contributed by atoms with Crippen LogP contribution in [0.3, 0.4) is 0 Å². The first-order valence-electron chi connectivity index (χ1n) is 8.63. The average molecular weight is 355 g/mol. The highest BCUT2D eigenvalue weighted by atomic mass is 16.5. The Hall–Kier alpha value is -2.82. The number of amides is 1. The second-order valence-corrected chi connectivity index (χ2v) is 6.12. The van der Waals surface area contributed by atoms with Gasteiger partial charge in [-0.05, 0) is 37.6 Å². The van der Waals surface area contributed by atoms with Gasteiger partial charge in [0.15, 0.2) is 5.78 Å². The van der Waals surface area contributed by atoms with Gasteiger partial charge in [-0.15, -0.1) is 0 Å². The summed E-state index contributed by atoms with van der Waals surface area (Å²) in [6.45, 7) is 4.59. The third-order valence-electron chi connectivity index (χ3n) is 4.01. The van der Waals surface area contributed by atoms with Crippen molar-refractivity contribution < 1.29 is 19.1 Å². The first-order chi connectivity index (χ1) is 12.5. The zero-order valence-electron chi connectivity index (χ0n) is 15.5. The van der Waals surface area contributed by atoms with Crippen molar-refractivity contribution in [1.82, 2.24) is 5.32 Å². The number of hydrogen-bond acceptors (Lipinski definition) is 4. The molecule has 0 spiro atoms. The van der Waals surface area contributed by atoms with Crippen LogP contribution in [0.1, 0.15) is 34.3 Å². The molecule has 1 N–H and O–H groups in total. The van der Waals surface area contributed by atoms with Crippen LogP contribution in [0.25, 0.3) is 0 Å². The summed E-state index contributed by atoms with van der Waals surface area (Å²) in [5.74, 6) is 1.24. The van der Waals surface area contributed by atoms with E-state index in [1.54, 1.807) is 13.2 Å². The maximum absolute atomic E-state index is 12.3. The lowest BCUT2D eigenvalue weighted by Crippen LogP contribution is -2.28. The Bertz CT molecular complexity index is 770. The largest absolute Gasteiger partial charge is 0.497 e. The van der Waals surface area contributed by atoms with E-state index < -0.39 is 0 Å². The van der Waals surface area contributed by atoms with Crippen LogP contribution in [0, 0.1) is 13.8 Å². The summed E-state index contributed by atoms with van der Waals surface area (Å²) in [5, 5.41) is 2.77. The highest BCUT2D eigenvalue weighted by molar-refractivity contribution is 5.99. The van der Waals surface area contributed by atoms with Gasteiger partial charge >= 0.3 is 0 Å². The van der Waals surface area contributed by atoms with Crippen molar-refractivity contribution in [2.24, 2.45) is 0 Å². The summed E-state index contributed by atoms with van der Waals surface area (Å²) in [5.41, 5.74) is 2.67. The standard InChI is InChI=1S/C21H25NO4/c1-15-7-8-16(2)19(13-15)20(23)9-10-21(24)22-11-12-26-18-6-4-5-17(14-18)25-3/h4-8,13-14H,9-12H2,1-3H3,(H,22,24). The second kappa shape index (κ2) is 9.61. The highest BCUT2D eigenvalue weighted by Crippen LogP contribution is 2.18. The third-order valence-corrected chi connectivity index (χ3v) is 4.01. The summed E-state index contributed by atoms with van der Waals surface area (Å²) < 4.78 is 10.7. The van der Waals surface area contributed by atoms with Crippen LogP contribution in [-0.2, 0) is 4.79 Å². The van der Waals surface area contributed by atoms with Crippen LogP contribution in [0.5, 0.6) is 11.5 Å². The first-order valence-corrected chi connectivity index (χ1v) is 8.63. The van der Waals surface area contributed by atoms with Crippen molar-refractivity contribution in [3.05, 3.63) is 59.2 Å². The summed E-state index contributed by atoms with van der Waals surface area (Å²) in [6, 6.07) is 13.1. The Balaban J connectivity index is 1.70. The van der Waals surface area contributed by atoms with Crippen molar-refractivity contribution >= 4 is 11.7 Å². The maximum Gasteiger partial charge on any atom is 0.220 e. The minimum atomic E-state index is -0.155. The normalized spacial score (nSPS) is 10.3. The molecule has 0 bridgehead atoms. The van der Waals surface area contributed by atoms with Gasteiger partial charge in [0, 0.05) is 24.5 Å². The Morgan fingerprint density at radius 3 is 2.54 bits per heavy atom. The summed E-state index contributed by atoms with van der Waals surface area (Å²) in [4.78, 5) is 24.2. The Labute approximate surface area is 154 Å². The first kappa shape index (κ1) is 19.5. The highest BCUT2D eigenvalue weighted by Gasteiger charge is 2.11. The van der Waals surface area contributed by atoms with Gasteiger partial charge in [-0.25, -0.2) is 0 Å². The number of ether oxygens (including phenoxy) is 2. The molecule has 26 heavy (non-hydrogen) atoms. The zero-order chi connectivity index (χ0) is 18.9. The number of Topliss-reactive ketones (excluding diaryl/α,β-unsaturated/α-hetero) is 1. The van der Waals surface area contributed by atoms with Gasteiger partial charge in [0.2, 0.25) is 5.91 Å². The maximum atomic E-state index is 12.3. The van der Waals surface area contributed by atoms with Gasteiger partial charge in [0.05, 0.1) is 13.7 Å². The fourth-order valence-corrected chi connectivity index (χ4v) is 2.54. The Morgan fingerprint density at radius 2 is 1.77 bits per heavy atom. The van der Waals surface area contributed by atoms with Gasteiger partial charge in [-0.3, -0.25) is 9.59 Å². The number of carbonyl (C=O) groups excluding carboxylic acids is 2. The number of hydrogen-bond donors (Lipinski definition) is 1. The predicted molar refractivity (Wildman–Crippen MR) is 101 cm³/mol. The number of aryl methyl sites for hydroxylation is 2. The molecule has 2 rings (SSSR count). The van der Waals surface area contributed by atoms with Gasteiger partial charge in [-0.1, -0.05) is 23.8 Å². The van der Waals surface area contributed by atoms with E-state index in [-0.39, 0.29) is 24.5 Å². The monoisotopic (exact) mass is 355 g/mol. The predicted octanol–water partition coefficient (Wildman–Crippen LogP) is 3.47. The van der Waals surface area contributed by atoms with Crippen molar-refractivity contribution in [3.8, 4) is 11.5 Å². The van der Waals surface area contributed by atoms with E-state index in [0.717, 1.165) is 16.9 Å². The molecule has 2 aromatic carbocycles. The summed E-state index contributed by atoms with van der Waals surface area (Å²) >= 11 is 0. The molecular formula is C21H25NO4. The average Bonchev–Trinajstić information content (AvgIpc) is 2.65. The third kappa shape index (κ3) is 5.92. The number of ketones is 1. The summed E-state index contributed by atoms with van der Waals surface area (Å²) in [7, 11) is 1.60. The fraction of sp³-hybridized carbons (Fsp3) is 0.333. The fourth-order valence-electron chi connectivity index (χ4n) is 2.54. The molecule has 0 heterocycles. The van der Waals surface area contributed by atoms with Gasteiger partial charge in [0.25, 0.3) is 0 Å². The molecule has 0 atom stereocenters. The van der Waals surface area contributed by atoms with Crippen molar-refractivity contribution in [2.75, 3.05) is 20.3 Å². The number of nitrogens with one attached hydrogen (secondary N) is 1. The van der Waals surface area contributed by atoms with Gasteiger partial charge in [0.1, 0.15) is 18.1 Å². The van der Waals surface area contributed by atoms with Crippen LogP contribution in [-0.4, -0.2) is 32.0 Å². The number of rotatable bonds is 9. The van der Waals surface area contributed by atoms with Gasteiger partial charge in [-0.2, -0.15) is 0 Å². The molecule has 138 valence electrons. The van der Waals surface area contributed by atoms with Crippen LogP contribution in [0.15, 0.2) is 42.5 Å². The molecule has 0 radical (unpaired) electrons. The van der Waals surface area contributed by atoms with Crippen molar-refractivity contribution in [1.29, 1.82) is 0 Å². The number of carbonyl (C=O) groups is 2. The summed E-state index contributed by atoms with van der Waals surface area (Å²) in [6.07, 6.45) is 0.373. The molecule has 0 fully saturated rings. The van der Waals surface area contributed by atoms with Crippen LogP contribution in [0.2, 0.25) is 0 Å². The second-order valence-electron chi connectivity index (χ2n) is 6.12. The SMILES string of the molecule is COc1cccc(OCCNC(=O)CCC(=O)c2cc(C)ccc2C)c1. The van der Waals surface area contributed by atoms with E-state index in [1.165, 1.54) is 0 Å². The lowest BCUT2D eigenvalue weighted by molar-refractivity contribution is -0.121. The van der Waals surface area contributed by atoms with Crippen LogP contribution in [0.4, 0.5) is 0 Å². The Kier molecular flexibility index (Phi) is 7.21. The zero-order valence-corrected chi connectivity index (χ0v) is 15.5. The molecule has 2 aromatic rings. The molecule has 0 aliphatic heterocycles. The van der Waals surface area contributed by atoms with Crippen LogP contribution >= 0.6 is 0 Å². The molecule has 0 aromatic heterocycles. The molecule has 5 nitrogen and oxygen atoms in total.